The normalized spacial score (nSPS) is 21.1. The Labute approximate surface area is 149 Å². The maximum atomic E-state index is 12.8. The summed E-state index contributed by atoms with van der Waals surface area (Å²) in [6.45, 7) is 7.66. The van der Waals surface area contributed by atoms with Gasteiger partial charge in [-0.25, -0.2) is 9.97 Å². The lowest BCUT2D eigenvalue weighted by Gasteiger charge is -2.34. The minimum absolute atomic E-state index is 0.0870. The number of aromatic nitrogens is 2. The van der Waals surface area contributed by atoms with Gasteiger partial charge in [0.05, 0.1) is 17.1 Å². The number of anilines is 1. The fraction of sp³-hybridized carbons (Fsp3) is 0.550. The Morgan fingerprint density at radius 3 is 2.68 bits per heavy atom. The first-order valence-corrected chi connectivity index (χ1v) is 9.40. The first kappa shape index (κ1) is 16.3. The molecule has 1 aromatic carbocycles. The molecule has 0 radical (unpaired) electrons. The molecule has 5 nitrogen and oxygen atoms in total. The number of hydrogen-bond donors (Lipinski definition) is 0. The molecule has 1 atom stereocenters. The molecule has 25 heavy (non-hydrogen) atoms. The third kappa shape index (κ3) is 3.20. The van der Waals surface area contributed by atoms with Gasteiger partial charge in [-0.15, -0.1) is 0 Å². The highest BCUT2D eigenvalue weighted by Crippen LogP contribution is 2.26. The molecule has 0 unspecified atom stereocenters. The minimum atomic E-state index is 0.0870. The van der Waals surface area contributed by atoms with Crippen LogP contribution in [0.5, 0.6) is 0 Å². The van der Waals surface area contributed by atoms with Gasteiger partial charge in [-0.05, 0) is 51.2 Å². The van der Waals surface area contributed by atoms with Crippen LogP contribution in [0.25, 0.3) is 10.9 Å². The molecule has 0 spiro atoms. The highest BCUT2D eigenvalue weighted by molar-refractivity contribution is 5.83. The molecule has 2 saturated heterocycles. The van der Waals surface area contributed by atoms with Gasteiger partial charge < -0.3 is 9.80 Å². The van der Waals surface area contributed by atoms with Crippen LogP contribution in [0.3, 0.4) is 0 Å². The number of amides is 1. The van der Waals surface area contributed by atoms with Crippen LogP contribution in [0.2, 0.25) is 0 Å². The first-order valence-electron chi connectivity index (χ1n) is 9.40. The van der Waals surface area contributed by atoms with E-state index in [1.54, 1.807) is 0 Å². The number of hydrogen-bond acceptors (Lipinski definition) is 4. The maximum Gasteiger partial charge on any atom is 0.227 e. The molecule has 0 N–H and O–H groups in total. The van der Waals surface area contributed by atoms with E-state index in [0.29, 0.717) is 5.91 Å². The van der Waals surface area contributed by atoms with Gasteiger partial charge in [-0.3, -0.25) is 4.79 Å². The topological polar surface area (TPSA) is 49.3 Å². The quantitative estimate of drug-likeness (QED) is 0.844. The number of fused-ring (bicyclic) bond motifs is 1. The smallest absolute Gasteiger partial charge is 0.227 e. The molecule has 2 fully saturated rings. The molecular weight excluding hydrogens is 312 g/mol. The van der Waals surface area contributed by atoms with Gasteiger partial charge in [0.15, 0.2) is 0 Å². The molecule has 2 aliphatic rings. The van der Waals surface area contributed by atoms with Gasteiger partial charge in [0.25, 0.3) is 0 Å². The van der Waals surface area contributed by atoms with Gasteiger partial charge >= 0.3 is 0 Å². The lowest BCUT2D eigenvalue weighted by atomic mass is 9.97. The van der Waals surface area contributed by atoms with Crippen molar-refractivity contribution >= 4 is 22.8 Å². The predicted octanol–water partition coefficient (Wildman–Crippen LogP) is 3.09. The molecule has 0 bridgehead atoms. The summed E-state index contributed by atoms with van der Waals surface area (Å²) in [5, 5.41) is 1.11. The number of benzene rings is 1. The van der Waals surface area contributed by atoms with Crippen LogP contribution in [-0.4, -0.2) is 47.0 Å². The van der Waals surface area contributed by atoms with Crippen LogP contribution in [0.15, 0.2) is 18.2 Å². The standard InChI is InChI=1S/C20H26N4O/c1-14-7-8-17-15(2)21-20(22-18(17)12-14)24-11-5-6-16(13-24)19(25)23-9-3-4-10-23/h7-8,12,16H,3-6,9-11,13H2,1-2H3/t16-/m0/s1. The Kier molecular flexibility index (Phi) is 4.32. The fourth-order valence-electron chi connectivity index (χ4n) is 4.08. The minimum Gasteiger partial charge on any atom is -0.342 e. The van der Waals surface area contributed by atoms with Crippen molar-refractivity contribution < 1.29 is 4.79 Å². The van der Waals surface area contributed by atoms with Crippen LogP contribution < -0.4 is 4.90 Å². The van der Waals surface area contributed by atoms with Gasteiger partial charge in [0.1, 0.15) is 0 Å². The summed E-state index contributed by atoms with van der Waals surface area (Å²) in [5.41, 5.74) is 3.21. The second-order valence-electron chi connectivity index (χ2n) is 7.45. The van der Waals surface area contributed by atoms with E-state index in [1.165, 1.54) is 5.56 Å². The van der Waals surface area contributed by atoms with Crippen LogP contribution in [0, 0.1) is 19.8 Å². The summed E-state index contributed by atoms with van der Waals surface area (Å²) >= 11 is 0. The number of aryl methyl sites for hydroxylation is 2. The Hall–Kier alpha value is -2.17. The monoisotopic (exact) mass is 338 g/mol. The summed E-state index contributed by atoms with van der Waals surface area (Å²) in [4.78, 5) is 26.5. The van der Waals surface area contributed by atoms with Gasteiger partial charge in [0, 0.05) is 31.6 Å². The van der Waals surface area contributed by atoms with E-state index < -0.39 is 0 Å². The SMILES string of the molecule is Cc1ccc2c(C)nc(N3CCC[C@H](C(=O)N4CCCC4)C3)nc2c1. The third-order valence-corrected chi connectivity index (χ3v) is 5.50. The van der Waals surface area contributed by atoms with Crippen molar-refractivity contribution in [3.63, 3.8) is 0 Å². The molecule has 4 rings (SSSR count). The molecule has 3 heterocycles. The molecule has 5 heteroatoms. The molecule has 132 valence electrons. The van der Waals surface area contributed by atoms with Crippen molar-refractivity contribution in [2.24, 2.45) is 5.92 Å². The number of nitrogens with zero attached hydrogens (tertiary/aromatic N) is 4. The fourth-order valence-corrected chi connectivity index (χ4v) is 4.08. The molecule has 0 aliphatic carbocycles. The second-order valence-corrected chi connectivity index (χ2v) is 7.45. The van der Waals surface area contributed by atoms with Crippen molar-refractivity contribution in [1.82, 2.24) is 14.9 Å². The third-order valence-electron chi connectivity index (χ3n) is 5.50. The zero-order valence-corrected chi connectivity index (χ0v) is 15.2. The van der Waals surface area contributed by atoms with E-state index >= 15 is 0 Å². The molecular formula is C20H26N4O. The summed E-state index contributed by atoms with van der Waals surface area (Å²) in [7, 11) is 0. The lowest BCUT2D eigenvalue weighted by Crippen LogP contribution is -2.44. The van der Waals surface area contributed by atoms with Crippen molar-refractivity contribution in [1.29, 1.82) is 0 Å². The average Bonchev–Trinajstić information content (AvgIpc) is 3.15. The average molecular weight is 338 g/mol. The highest BCUT2D eigenvalue weighted by atomic mass is 16.2. The van der Waals surface area contributed by atoms with Crippen LogP contribution in [0.4, 0.5) is 5.95 Å². The van der Waals surface area contributed by atoms with E-state index in [0.717, 1.165) is 74.4 Å². The van der Waals surface area contributed by atoms with Gasteiger partial charge in [0.2, 0.25) is 11.9 Å². The number of piperidine rings is 1. The number of rotatable bonds is 2. The highest BCUT2D eigenvalue weighted by Gasteiger charge is 2.31. The maximum absolute atomic E-state index is 12.8. The zero-order chi connectivity index (χ0) is 17.4. The largest absolute Gasteiger partial charge is 0.342 e. The predicted molar refractivity (Wildman–Crippen MR) is 99.8 cm³/mol. The lowest BCUT2D eigenvalue weighted by molar-refractivity contribution is -0.134. The van der Waals surface area contributed by atoms with Crippen molar-refractivity contribution in [2.45, 2.75) is 39.5 Å². The van der Waals surface area contributed by atoms with Crippen molar-refractivity contribution in [2.75, 3.05) is 31.1 Å². The summed E-state index contributed by atoms with van der Waals surface area (Å²) in [6.07, 6.45) is 4.30. The van der Waals surface area contributed by atoms with E-state index in [1.807, 2.05) is 11.8 Å². The Balaban J connectivity index is 1.58. The molecule has 2 aliphatic heterocycles. The van der Waals surface area contributed by atoms with E-state index in [4.69, 9.17) is 9.97 Å². The summed E-state index contributed by atoms with van der Waals surface area (Å²) in [5.74, 6) is 1.19. The number of carbonyl (C=O) groups excluding carboxylic acids is 1. The number of likely N-dealkylation sites (tertiary alicyclic amines) is 1. The van der Waals surface area contributed by atoms with Crippen LogP contribution in [0.1, 0.15) is 36.9 Å². The van der Waals surface area contributed by atoms with Crippen LogP contribution >= 0.6 is 0 Å². The second kappa shape index (κ2) is 6.62. The Morgan fingerprint density at radius 1 is 1.08 bits per heavy atom. The van der Waals surface area contributed by atoms with E-state index in [9.17, 15) is 4.79 Å². The van der Waals surface area contributed by atoms with Crippen molar-refractivity contribution in [3.05, 3.63) is 29.5 Å². The van der Waals surface area contributed by atoms with Crippen LogP contribution in [-0.2, 0) is 4.79 Å². The van der Waals surface area contributed by atoms with Gasteiger partial charge in [-0.1, -0.05) is 12.1 Å². The molecule has 0 saturated carbocycles. The Bertz CT molecular complexity index is 798. The molecule has 2 aromatic rings. The first-order chi connectivity index (χ1) is 12.1. The summed E-state index contributed by atoms with van der Waals surface area (Å²) in [6, 6.07) is 6.31. The van der Waals surface area contributed by atoms with E-state index in [2.05, 4.69) is 30.0 Å². The van der Waals surface area contributed by atoms with E-state index in [-0.39, 0.29) is 5.92 Å². The Morgan fingerprint density at radius 2 is 1.88 bits per heavy atom. The van der Waals surface area contributed by atoms with Crippen molar-refractivity contribution in [3.8, 4) is 0 Å². The summed E-state index contributed by atoms with van der Waals surface area (Å²) < 4.78 is 0. The molecule has 1 aromatic heterocycles. The zero-order valence-electron chi connectivity index (χ0n) is 15.2. The number of carbonyl (C=O) groups is 1. The van der Waals surface area contributed by atoms with Gasteiger partial charge in [-0.2, -0.15) is 0 Å². The molecule has 1 amide bonds.